The highest BCUT2D eigenvalue weighted by Gasteiger charge is 2.12. The molecule has 1 aliphatic carbocycles. The quantitative estimate of drug-likeness (QED) is 0.510. The Kier molecular flexibility index (Phi) is 5.56. The van der Waals surface area contributed by atoms with Gasteiger partial charge in [0, 0.05) is 11.6 Å². The highest BCUT2D eigenvalue weighted by molar-refractivity contribution is 5.78. The van der Waals surface area contributed by atoms with Crippen LogP contribution in [0.1, 0.15) is 49.7 Å². The van der Waals surface area contributed by atoms with Crippen LogP contribution in [0.2, 0.25) is 0 Å². The summed E-state index contributed by atoms with van der Waals surface area (Å²) in [7, 11) is 0. The van der Waals surface area contributed by atoms with E-state index in [1.54, 1.807) is 0 Å². The smallest absolute Gasteiger partial charge is 0.189 e. The normalized spacial score (nSPS) is 17.0. The Hall–Kier alpha value is -2.09. The molecule has 5 heteroatoms. The topological polar surface area (TPSA) is 74.2 Å². The molecule has 0 bridgehead atoms. The van der Waals surface area contributed by atoms with Gasteiger partial charge < -0.3 is 11.1 Å². The summed E-state index contributed by atoms with van der Waals surface area (Å²) in [4.78, 5) is 4.19. The second kappa shape index (κ2) is 7.63. The molecular formula is C16H21FN4. The van der Waals surface area contributed by atoms with Crippen LogP contribution >= 0.6 is 0 Å². The largest absolute Gasteiger partial charge is 0.370 e. The van der Waals surface area contributed by atoms with Crippen molar-refractivity contribution in [3.63, 3.8) is 0 Å². The summed E-state index contributed by atoms with van der Waals surface area (Å²) in [5.41, 5.74) is 6.69. The molecule has 1 aromatic carbocycles. The first-order chi connectivity index (χ1) is 10.2. The molecule has 1 saturated carbocycles. The Morgan fingerprint density at radius 3 is 2.71 bits per heavy atom. The van der Waals surface area contributed by atoms with Gasteiger partial charge >= 0.3 is 0 Å². The molecule has 112 valence electrons. The van der Waals surface area contributed by atoms with Crippen LogP contribution in [0.15, 0.2) is 23.2 Å². The standard InChI is InChI=1S/C16H21FN4/c17-15-8-7-12(10-18)9-13(15)11-20-16(19)21-14-5-3-1-2-4-6-14/h7-9,14H,1-6,11H2,(H3,19,20,21). The molecule has 4 nitrogen and oxygen atoms in total. The maximum absolute atomic E-state index is 13.6. The maximum Gasteiger partial charge on any atom is 0.189 e. The SMILES string of the molecule is N#Cc1ccc(F)c(CN=C(N)NC2CCCCCC2)c1. The lowest BCUT2D eigenvalue weighted by molar-refractivity contribution is 0.530. The predicted molar refractivity (Wildman–Crippen MR) is 81.1 cm³/mol. The van der Waals surface area contributed by atoms with E-state index in [4.69, 9.17) is 11.0 Å². The van der Waals surface area contributed by atoms with Crippen LogP contribution in [0, 0.1) is 17.1 Å². The fourth-order valence-corrected chi connectivity index (χ4v) is 2.61. The van der Waals surface area contributed by atoms with E-state index in [1.807, 2.05) is 6.07 Å². The first kappa shape index (κ1) is 15.3. The maximum atomic E-state index is 13.6. The number of guanidine groups is 1. The van der Waals surface area contributed by atoms with Crippen LogP contribution in [0.5, 0.6) is 0 Å². The highest BCUT2D eigenvalue weighted by Crippen LogP contribution is 2.17. The van der Waals surface area contributed by atoms with Crippen molar-refractivity contribution in [3.05, 3.63) is 35.1 Å². The van der Waals surface area contributed by atoms with E-state index in [1.165, 1.54) is 43.9 Å². The van der Waals surface area contributed by atoms with Crippen molar-refractivity contribution in [3.8, 4) is 6.07 Å². The molecule has 0 aliphatic heterocycles. The number of nitriles is 1. The van der Waals surface area contributed by atoms with Gasteiger partial charge in [0.1, 0.15) is 5.82 Å². The first-order valence-electron chi connectivity index (χ1n) is 7.44. The lowest BCUT2D eigenvalue weighted by Crippen LogP contribution is -2.39. The highest BCUT2D eigenvalue weighted by atomic mass is 19.1. The van der Waals surface area contributed by atoms with Crippen molar-refractivity contribution in [1.29, 1.82) is 5.26 Å². The Bertz CT molecular complexity index is 540. The lowest BCUT2D eigenvalue weighted by atomic mass is 10.1. The van der Waals surface area contributed by atoms with E-state index < -0.39 is 0 Å². The summed E-state index contributed by atoms with van der Waals surface area (Å²) in [6, 6.07) is 6.62. The third-order valence-corrected chi connectivity index (χ3v) is 3.80. The van der Waals surface area contributed by atoms with Crippen LogP contribution in [0.25, 0.3) is 0 Å². The van der Waals surface area contributed by atoms with E-state index in [2.05, 4.69) is 10.3 Å². The summed E-state index contributed by atoms with van der Waals surface area (Å²) < 4.78 is 13.6. The van der Waals surface area contributed by atoms with Gasteiger partial charge in [-0.3, -0.25) is 0 Å². The van der Waals surface area contributed by atoms with Crippen LogP contribution in [0.3, 0.4) is 0 Å². The van der Waals surface area contributed by atoms with E-state index in [9.17, 15) is 4.39 Å². The van der Waals surface area contributed by atoms with Crippen molar-refractivity contribution >= 4 is 5.96 Å². The van der Waals surface area contributed by atoms with Gasteiger partial charge in [-0.1, -0.05) is 25.7 Å². The predicted octanol–water partition coefficient (Wildman–Crippen LogP) is 2.82. The number of hydrogen-bond acceptors (Lipinski definition) is 2. The molecule has 1 aromatic rings. The molecule has 21 heavy (non-hydrogen) atoms. The number of rotatable bonds is 3. The second-order valence-corrected chi connectivity index (χ2v) is 5.45. The molecule has 0 radical (unpaired) electrons. The minimum Gasteiger partial charge on any atom is -0.370 e. The van der Waals surface area contributed by atoms with E-state index in [0.29, 0.717) is 23.1 Å². The summed E-state index contributed by atoms with van der Waals surface area (Å²) in [5, 5.41) is 12.0. The van der Waals surface area contributed by atoms with E-state index in [0.717, 1.165) is 12.8 Å². The van der Waals surface area contributed by atoms with E-state index in [-0.39, 0.29) is 12.4 Å². The van der Waals surface area contributed by atoms with Gasteiger partial charge in [-0.25, -0.2) is 9.38 Å². The lowest BCUT2D eigenvalue weighted by Gasteiger charge is -2.16. The molecular weight excluding hydrogens is 267 g/mol. The van der Waals surface area contributed by atoms with Crippen LogP contribution in [-0.2, 0) is 6.54 Å². The average molecular weight is 288 g/mol. The van der Waals surface area contributed by atoms with Crippen molar-refractivity contribution in [1.82, 2.24) is 5.32 Å². The van der Waals surface area contributed by atoms with E-state index >= 15 is 0 Å². The molecule has 1 fully saturated rings. The average Bonchev–Trinajstić information content (AvgIpc) is 2.75. The Morgan fingerprint density at radius 2 is 2.05 bits per heavy atom. The van der Waals surface area contributed by atoms with Crippen molar-refractivity contribution in [2.45, 2.75) is 51.1 Å². The van der Waals surface area contributed by atoms with Crippen molar-refractivity contribution < 1.29 is 4.39 Å². The van der Waals surface area contributed by atoms with Crippen molar-refractivity contribution in [2.75, 3.05) is 0 Å². The number of nitrogens with zero attached hydrogens (tertiary/aromatic N) is 2. The Balaban J connectivity index is 1.95. The summed E-state index contributed by atoms with van der Waals surface area (Å²) in [6.45, 7) is 0.146. The number of hydrogen-bond donors (Lipinski definition) is 2. The molecule has 3 N–H and O–H groups in total. The zero-order valence-electron chi connectivity index (χ0n) is 12.1. The second-order valence-electron chi connectivity index (χ2n) is 5.45. The minimum absolute atomic E-state index is 0.146. The number of halogens is 1. The molecule has 0 amide bonds. The molecule has 0 spiro atoms. The first-order valence-corrected chi connectivity index (χ1v) is 7.44. The van der Waals surface area contributed by atoms with Gasteiger partial charge in [0.15, 0.2) is 5.96 Å². The number of nitrogens with two attached hydrogens (primary N) is 1. The van der Waals surface area contributed by atoms with Gasteiger partial charge in [-0.2, -0.15) is 5.26 Å². The number of benzene rings is 1. The fraction of sp³-hybridized carbons (Fsp3) is 0.500. The number of aliphatic imine (C=N–C) groups is 1. The summed E-state index contributed by atoms with van der Waals surface area (Å²) >= 11 is 0. The van der Waals surface area contributed by atoms with Gasteiger partial charge in [-0.15, -0.1) is 0 Å². The molecule has 0 unspecified atom stereocenters. The molecule has 1 aliphatic rings. The van der Waals surface area contributed by atoms with Crippen LogP contribution in [-0.4, -0.2) is 12.0 Å². The zero-order chi connectivity index (χ0) is 15.1. The van der Waals surface area contributed by atoms with Gasteiger partial charge in [0.25, 0.3) is 0 Å². The molecule has 0 atom stereocenters. The molecule has 0 heterocycles. The Labute approximate surface area is 124 Å². The summed E-state index contributed by atoms with van der Waals surface area (Å²) in [5.74, 6) is -0.0105. The van der Waals surface area contributed by atoms with Crippen LogP contribution < -0.4 is 11.1 Å². The monoisotopic (exact) mass is 288 g/mol. The third-order valence-electron chi connectivity index (χ3n) is 3.80. The Morgan fingerprint density at radius 1 is 1.33 bits per heavy atom. The summed E-state index contributed by atoms with van der Waals surface area (Å²) in [6.07, 6.45) is 7.19. The van der Waals surface area contributed by atoms with Crippen molar-refractivity contribution in [2.24, 2.45) is 10.7 Å². The van der Waals surface area contributed by atoms with Crippen LogP contribution in [0.4, 0.5) is 4.39 Å². The third kappa shape index (κ3) is 4.75. The molecule has 0 aromatic heterocycles. The zero-order valence-corrected chi connectivity index (χ0v) is 12.1. The molecule has 2 rings (SSSR count). The van der Waals surface area contributed by atoms with Gasteiger partial charge in [0.05, 0.1) is 18.2 Å². The minimum atomic E-state index is -0.361. The van der Waals surface area contributed by atoms with Gasteiger partial charge in [-0.05, 0) is 31.0 Å². The number of nitrogens with one attached hydrogen (secondary N) is 1. The molecule has 0 saturated heterocycles. The van der Waals surface area contributed by atoms with Gasteiger partial charge in [0.2, 0.25) is 0 Å². The fourth-order valence-electron chi connectivity index (χ4n) is 2.61.